The summed E-state index contributed by atoms with van der Waals surface area (Å²) in [5.74, 6) is -0.475. The molecule has 0 atom stereocenters. The minimum absolute atomic E-state index is 0.0769. The first kappa shape index (κ1) is 13.8. The van der Waals surface area contributed by atoms with Gasteiger partial charge in [0.2, 0.25) is 5.91 Å². The van der Waals surface area contributed by atoms with Crippen LogP contribution in [-0.2, 0) is 29.5 Å². The smallest absolute Gasteiger partial charge is 0.243 e. The van der Waals surface area contributed by atoms with Gasteiger partial charge in [0.25, 0.3) is 0 Å². The fourth-order valence-electron chi connectivity index (χ4n) is 2.06. The maximum Gasteiger partial charge on any atom is 0.243 e. The summed E-state index contributed by atoms with van der Waals surface area (Å²) < 4.78 is 9.50. The van der Waals surface area contributed by atoms with E-state index in [4.69, 9.17) is 22.7 Å². The summed E-state index contributed by atoms with van der Waals surface area (Å²) in [5, 5.41) is 4.43. The van der Waals surface area contributed by atoms with Gasteiger partial charge in [0.15, 0.2) is 10.4 Å². The maximum atomic E-state index is 10.6. The summed E-state index contributed by atoms with van der Waals surface area (Å²) in [4.78, 5) is 13.8. The monoisotopic (exact) mass is 283 g/mol. The zero-order valence-corrected chi connectivity index (χ0v) is 11.8. The lowest BCUT2D eigenvalue weighted by molar-refractivity contribution is -0.122. The van der Waals surface area contributed by atoms with Crippen LogP contribution in [0.25, 0.3) is 11.2 Å². The first-order valence-corrected chi connectivity index (χ1v) is 6.45. The molecule has 0 saturated heterocycles. The highest BCUT2D eigenvalue weighted by atomic mass is 32.1. The van der Waals surface area contributed by atoms with Crippen LogP contribution in [0.2, 0.25) is 0 Å². The molecule has 2 aromatic rings. The van der Waals surface area contributed by atoms with Crippen molar-refractivity contribution in [3.8, 4) is 0 Å². The summed E-state index contributed by atoms with van der Waals surface area (Å²) >= 11 is 5.29. The van der Waals surface area contributed by atoms with Crippen molar-refractivity contribution in [3.05, 3.63) is 10.5 Å². The van der Waals surface area contributed by atoms with Crippen LogP contribution in [0, 0.1) is 4.77 Å². The lowest BCUT2D eigenvalue weighted by Crippen LogP contribution is -2.20. The van der Waals surface area contributed by atoms with E-state index in [1.807, 2.05) is 18.5 Å². The molecule has 2 heterocycles. The molecule has 0 unspecified atom stereocenters. The van der Waals surface area contributed by atoms with Crippen molar-refractivity contribution in [2.75, 3.05) is 13.2 Å². The van der Waals surface area contributed by atoms with E-state index in [2.05, 4.69) is 10.1 Å². The van der Waals surface area contributed by atoms with Crippen LogP contribution < -0.4 is 5.73 Å². The number of rotatable bonds is 6. The number of H-pyrrole nitrogens is 1. The number of amides is 1. The molecule has 0 aliphatic carbocycles. The van der Waals surface area contributed by atoms with Crippen molar-refractivity contribution in [3.63, 3.8) is 0 Å². The largest absolute Gasteiger partial charge is 0.370 e. The average molecular weight is 283 g/mol. The molecule has 3 N–H and O–H groups in total. The van der Waals surface area contributed by atoms with Crippen molar-refractivity contribution in [1.29, 1.82) is 0 Å². The molecule has 0 spiro atoms. The molecule has 2 aromatic heterocycles. The highest BCUT2D eigenvalue weighted by Gasteiger charge is 2.13. The molecule has 0 aliphatic heterocycles. The molecule has 1 amide bonds. The number of aromatic amines is 1. The SMILES string of the molecule is CCc1nn(C)c2c1[nH]c(=S)n2CCOCC(N)=O. The van der Waals surface area contributed by atoms with E-state index < -0.39 is 5.91 Å². The third-order valence-electron chi connectivity index (χ3n) is 2.86. The number of nitrogens with one attached hydrogen (secondary N) is 1. The highest BCUT2D eigenvalue weighted by molar-refractivity contribution is 7.71. The van der Waals surface area contributed by atoms with Gasteiger partial charge in [0.05, 0.1) is 18.8 Å². The second-order valence-electron chi connectivity index (χ2n) is 4.22. The molecule has 0 bridgehead atoms. The lowest BCUT2D eigenvalue weighted by Gasteiger charge is -2.05. The molecule has 0 aliphatic rings. The van der Waals surface area contributed by atoms with Crippen molar-refractivity contribution >= 4 is 29.3 Å². The van der Waals surface area contributed by atoms with Gasteiger partial charge in [0.1, 0.15) is 12.1 Å². The van der Waals surface area contributed by atoms with Crippen LogP contribution in [0.1, 0.15) is 12.6 Å². The Bertz CT molecular complexity index is 654. The van der Waals surface area contributed by atoms with Gasteiger partial charge in [-0.3, -0.25) is 14.0 Å². The number of aromatic nitrogens is 4. The fourth-order valence-corrected chi connectivity index (χ4v) is 2.34. The summed E-state index contributed by atoms with van der Waals surface area (Å²) in [6.45, 7) is 2.89. The van der Waals surface area contributed by atoms with Crippen molar-refractivity contribution < 1.29 is 9.53 Å². The van der Waals surface area contributed by atoms with Crippen LogP contribution >= 0.6 is 12.2 Å². The quantitative estimate of drug-likeness (QED) is 0.596. The normalized spacial score (nSPS) is 11.3. The van der Waals surface area contributed by atoms with Gasteiger partial charge in [-0.15, -0.1) is 0 Å². The maximum absolute atomic E-state index is 10.6. The second kappa shape index (κ2) is 5.54. The Balaban J connectivity index is 2.23. The Morgan fingerprint density at radius 2 is 2.32 bits per heavy atom. The summed E-state index contributed by atoms with van der Waals surface area (Å²) in [6, 6.07) is 0. The Kier molecular flexibility index (Phi) is 4.01. The molecule has 104 valence electrons. The molecular formula is C11H17N5O2S. The lowest BCUT2D eigenvalue weighted by atomic mass is 10.3. The zero-order chi connectivity index (χ0) is 14.0. The zero-order valence-electron chi connectivity index (χ0n) is 11.0. The topological polar surface area (TPSA) is 90.9 Å². The summed E-state index contributed by atoms with van der Waals surface area (Å²) in [5.41, 5.74) is 7.89. The van der Waals surface area contributed by atoms with Crippen molar-refractivity contribution in [2.24, 2.45) is 12.8 Å². The van der Waals surface area contributed by atoms with E-state index >= 15 is 0 Å². The van der Waals surface area contributed by atoms with Crippen LogP contribution in [0.5, 0.6) is 0 Å². The van der Waals surface area contributed by atoms with Crippen molar-refractivity contribution in [1.82, 2.24) is 19.3 Å². The predicted octanol–water partition coefficient (Wildman–Crippen LogP) is 0.497. The highest BCUT2D eigenvalue weighted by Crippen LogP contribution is 2.17. The van der Waals surface area contributed by atoms with E-state index in [0.717, 1.165) is 23.3 Å². The molecule has 0 saturated carbocycles. The Morgan fingerprint density at radius 3 is 2.95 bits per heavy atom. The van der Waals surface area contributed by atoms with Gasteiger partial charge in [-0.1, -0.05) is 6.92 Å². The van der Waals surface area contributed by atoms with Crippen LogP contribution in [0.4, 0.5) is 0 Å². The number of carbonyl (C=O) groups is 1. The minimum atomic E-state index is -0.475. The number of primary amides is 1. The Morgan fingerprint density at radius 1 is 1.58 bits per heavy atom. The number of ether oxygens (including phenoxy) is 1. The van der Waals surface area contributed by atoms with Gasteiger partial charge in [0, 0.05) is 7.05 Å². The van der Waals surface area contributed by atoms with Crippen LogP contribution in [0.3, 0.4) is 0 Å². The average Bonchev–Trinajstić information content (AvgIpc) is 2.83. The molecule has 0 radical (unpaired) electrons. The molecule has 2 rings (SSSR count). The van der Waals surface area contributed by atoms with Crippen molar-refractivity contribution in [2.45, 2.75) is 19.9 Å². The minimum Gasteiger partial charge on any atom is -0.370 e. The number of nitrogens with zero attached hydrogens (tertiary/aromatic N) is 3. The molecule has 19 heavy (non-hydrogen) atoms. The number of hydrogen-bond donors (Lipinski definition) is 2. The van der Waals surface area contributed by atoms with Gasteiger partial charge < -0.3 is 15.5 Å². The van der Waals surface area contributed by atoms with E-state index in [1.165, 1.54) is 0 Å². The molecule has 0 aromatic carbocycles. The van der Waals surface area contributed by atoms with Gasteiger partial charge in [-0.25, -0.2) is 0 Å². The second-order valence-corrected chi connectivity index (χ2v) is 4.61. The molecule has 0 fully saturated rings. The number of fused-ring (bicyclic) bond motifs is 1. The van der Waals surface area contributed by atoms with Crippen LogP contribution in [0.15, 0.2) is 0 Å². The summed E-state index contributed by atoms with van der Waals surface area (Å²) in [6.07, 6.45) is 0.838. The number of imidazole rings is 1. The first-order chi connectivity index (χ1) is 9.04. The Hall–Kier alpha value is -1.67. The van der Waals surface area contributed by atoms with Gasteiger partial charge >= 0.3 is 0 Å². The van der Waals surface area contributed by atoms with Gasteiger partial charge in [-0.2, -0.15) is 5.10 Å². The third kappa shape index (κ3) is 2.69. The Labute approximate surface area is 115 Å². The van der Waals surface area contributed by atoms with E-state index in [-0.39, 0.29) is 6.61 Å². The molecule has 8 heteroatoms. The van der Waals surface area contributed by atoms with E-state index in [0.29, 0.717) is 17.9 Å². The standard InChI is InChI=1S/C11H17N5O2S/c1-3-7-9-10(15(2)14-7)16(11(19)13-9)4-5-18-6-8(12)17/h3-6H2,1-2H3,(H2,12,17)(H,13,19). The van der Waals surface area contributed by atoms with Gasteiger partial charge in [-0.05, 0) is 18.6 Å². The summed E-state index contributed by atoms with van der Waals surface area (Å²) in [7, 11) is 1.88. The fraction of sp³-hybridized carbons (Fsp3) is 0.545. The van der Waals surface area contributed by atoms with Crippen LogP contribution in [-0.4, -0.2) is 38.5 Å². The van der Waals surface area contributed by atoms with E-state index in [1.54, 1.807) is 4.68 Å². The van der Waals surface area contributed by atoms with E-state index in [9.17, 15) is 4.79 Å². The number of nitrogens with two attached hydrogens (primary N) is 1. The molecular weight excluding hydrogens is 266 g/mol. The number of carbonyl (C=O) groups excluding carboxylic acids is 1. The molecule has 7 nitrogen and oxygen atoms in total. The first-order valence-electron chi connectivity index (χ1n) is 6.05. The number of hydrogen-bond acceptors (Lipinski definition) is 4. The number of aryl methyl sites for hydroxylation is 2. The predicted molar refractivity (Wildman–Crippen MR) is 73.3 cm³/mol. The third-order valence-corrected chi connectivity index (χ3v) is 3.18.